The molecule has 3 heteroatoms. The second-order valence-electron chi connectivity index (χ2n) is 2.59. The summed E-state index contributed by atoms with van der Waals surface area (Å²) < 4.78 is 10.3. The van der Waals surface area contributed by atoms with Crippen LogP contribution in [0.3, 0.4) is 0 Å². The normalized spacial score (nSPS) is 13.9. The van der Waals surface area contributed by atoms with Gasteiger partial charge in [0.25, 0.3) is 0 Å². The monoisotopic (exact) mass is 161 g/mol. The lowest BCUT2D eigenvalue weighted by atomic mass is 10.0. The van der Waals surface area contributed by atoms with E-state index in [2.05, 4.69) is 6.92 Å². The van der Waals surface area contributed by atoms with Crippen LogP contribution in [0.4, 0.5) is 0 Å². The van der Waals surface area contributed by atoms with E-state index in [0.717, 1.165) is 12.8 Å². The average Bonchev–Trinajstić information content (AvgIpc) is 2.05. The highest BCUT2D eigenvalue weighted by Gasteiger charge is 2.17. The fraction of sp³-hybridized carbons (Fsp3) is 1.00. The predicted molar refractivity (Wildman–Crippen MR) is 45.3 cm³/mol. The Morgan fingerprint density at radius 3 is 2.09 bits per heavy atom. The summed E-state index contributed by atoms with van der Waals surface area (Å²) in [5, 5.41) is 0. The van der Waals surface area contributed by atoms with Gasteiger partial charge in [-0.2, -0.15) is 0 Å². The lowest BCUT2D eigenvalue weighted by Crippen LogP contribution is -2.26. The molecule has 68 valence electrons. The van der Waals surface area contributed by atoms with Gasteiger partial charge in [-0.05, 0) is 19.4 Å². The molecule has 1 atom stereocenters. The van der Waals surface area contributed by atoms with Crippen LogP contribution in [0.25, 0.3) is 0 Å². The molecule has 0 rings (SSSR count). The van der Waals surface area contributed by atoms with Gasteiger partial charge in [-0.25, -0.2) is 0 Å². The summed E-state index contributed by atoms with van der Waals surface area (Å²) in [6.45, 7) is 2.81. The third-order valence-electron chi connectivity index (χ3n) is 1.91. The van der Waals surface area contributed by atoms with Crippen LogP contribution in [0.15, 0.2) is 0 Å². The van der Waals surface area contributed by atoms with Crippen LogP contribution in [-0.4, -0.2) is 27.1 Å². The second kappa shape index (κ2) is 6.58. The van der Waals surface area contributed by atoms with Crippen LogP contribution in [0.5, 0.6) is 0 Å². The van der Waals surface area contributed by atoms with E-state index in [0.29, 0.717) is 12.5 Å². The van der Waals surface area contributed by atoms with Crippen LogP contribution in [0.2, 0.25) is 0 Å². The highest BCUT2D eigenvalue weighted by atomic mass is 16.7. The Labute approximate surface area is 68.9 Å². The van der Waals surface area contributed by atoms with Crippen molar-refractivity contribution in [2.24, 2.45) is 11.7 Å². The largest absolute Gasteiger partial charge is 0.356 e. The number of methoxy groups -OCH3 is 2. The van der Waals surface area contributed by atoms with E-state index in [1.54, 1.807) is 14.2 Å². The standard InChI is InChI=1S/C8H19NO2/c1-4-7(5-6-9)8(10-2)11-3/h7-8H,4-6,9H2,1-3H3. The van der Waals surface area contributed by atoms with Gasteiger partial charge in [-0.1, -0.05) is 6.92 Å². The average molecular weight is 161 g/mol. The lowest BCUT2D eigenvalue weighted by molar-refractivity contribution is -0.138. The Balaban J connectivity index is 3.76. The molecule has 0 aliphatic heterocycles. The summed E-state index contributed by atoms with van der Waals surface area (Å²) in [5.74, 6) is 0.426. The van der Waals surface area contributed by atoms with Crippen molar-refractivity contribution in [3.63, 3.8) is 0 Å². The highest BCUT2D eigenvalue weighted by Crippen LogP contribution is 2.15. The van der Waals surface area contributed by atoms with E-state index < -0.39 is 0 Å². The molecule has 0 radical (unpaired) electrons. The van der Waals surface area contributed by atoms with E-state index in [-0.39, 0.29) is 6.29 Å². The quantitative estimate of drug-likeness (QED) is 0.591. The molecule has 0 aliphatic carbocycles. The third-order valence-corrected chi connectivity index (χ3v) is 1.91. The molecule has 0 aromatic carbocycles. The fourth-order valence-corrected chi connectivity index (χ4v) is 1.23. The van der Waals surface area contributed by atoms with Gasteiger partial charge in [-0.15, -0.1) is 0 Å². The van der Waals surface area contributed by atoms with Crippen molar-refractivity contribution in [1.82, 2.24) is 0 Å². The molecule has 0 aromatic heterocycles. The van der Waals surface area contributed by atoms with Crippen molar-refractivity contribution >= 4 is 0 Å². The summed E-state index contributed by atoms with van der Waals surface area (Å²) in [7, 11) is 3.32. The van der Waals surface area contributed by atoms with Crippen molar-refractivity contribution in [1.29, 1.82) is 0 Å². The maximum absolute atomic E-state index is 5.44. The minimum absolute atomic E-state index is 0.0939. The van der Waals surface area contributed by atoms with E-state index in [1.807, 2.05) is 0 Å². The molecule has 11 heavy (non-hydrogen) atoms. The van der Waals surface area contributed by atoms with Gasteiger partial charge in [-0.3, -0.25) is 0 Å². The third kappa shape index (κ3) is 3.70. The SMILES string of the molecule is CCC(CCN)C(OC)OC. The van der Waals surface area contributed by atoms with E-state index in [9.17, 15) is 0 Å². The molecule has 0 spiro atoms. The topological polar surface area (TPSA) is 44.5 Å². The number of hydrogen-bond donors (Lipinski definition) is 1. The zero-order valence-electron chi connectivity index (χ0n) is 7.67. The van der Waals surface area contributed by atoms with Crippen LogP contribution < -0.4 is 5.73 Å². The Kier molecular flexibility index (Phi) is 6.51. The first-order valence-electron chi connectivity index (χ1n) is 4.05. The maximum Gasteiger partial charge on any atom is 0.159 e. The van der Waals surface area contributed by atoms with Gasteiger partial charge in [0, 0.05) is 20.1 Å². The van der Waals surface area contributed by atoms with Crippen LogP contribution in [-0.2, 0) is 9.47 Å². The number of nitrogens with two attached hydrogens (primary N) is 1. The second-order valence-corrected chi connectivity index (χ2v) is 2.59. The molecule has 1 unspecified atom stereocenters. The molecule has 0 aliphatic rings. The molecule has 3 nitrogen and oxygen atoms in total. The molecule has 0 aromatic rings. The van der Waals surface area contributed by atoms with Gasteiger partial charge in [0.05, 0.1) is 0 Å². The zero-order valence-corrected chi connectivity index (χ0v) is 7.67. The van der Waals surface area contributed by atoms with Gasteiger partial charge in [0.1, 0.15) is 0 Å². The van der Waals surface area contributed by atoms with Crippen molar-refractivity contribution in [3.8, 4) is 0 Å². The highest BCUT2D eigenvalue weighted by molar-refractivity contribution is 4.61. The molecule has 0 heterocycles. The van der Waals surface area contributed by atoms with Gasteiger partial charge < -0.3 is 15.2 Å². The molecule has 0 fully saturated rings. The van der Waals surface area contributed by atoms with Crippen molar-refractivity contribution in [2.75, 3.05) is 20.8 Å². The summed E-state index contributed by atoms with van der Waals surface area (Å²) in [6.07, 6.45) is 1.91. The Morgan fingerprint density at radius 2 is 1.82 bits per heavy atom. The van der Waals surface area contributed by atoms with Crippen molar-refractivity contribution in [3.05, 3.63) is 0 Å². The molecule has 0 amide bonds. The molecule has 0 saturated heterocycles. The molecule has 0 saturated carbocycles. The van der Waals surface area contributed by atoms with Gasteiger partial charge >= 0.3 is 0 Å². The summed E-state index contributed by atoms with van der Waals surface area (Å²) in [5.41, 5.74) is 5.44. The Bertz CT molecular complexity index is 84.2. The summed E-state index contributed by atoms with van der Waals surface area (Å²) in [4.78, 5) is 0. The van der Waals surface area contributed by atoms with Gasteiger partial charge in [0.15, 0.2) is 6.29 Å². The maximum atomic E-state index is 5.44. The first-order chi connectivity index (χ1) is 5.29. The number of ether oxygens (including phenoxy) is 2. The van der Waals surface area contributed by atoms with E-state index >= 15 is 0 Å². The number of rotatable bonds is 6. The predicted octanol–water partition coefficient (Wildman–Crippen LogP) is 0.980. The van der Waals surface area contributed by atoms with Crippen LogP contribution in [0, 0.1) is 5.92 Å². The van der Waals surface area contributed by atoms with Crippen molar-refractivity contribution in [2.45, 2.75) is 26.1 Å². The molecular formula is C8H19NO2. The Hall–Kier alpha value is -0.120. The summed E-state index contributed by atoms with van der Waals surface area (Å²) >= 11 is 0. The fourth-order valence-electron chi connectivity index (χ4n) is 1.23. The first-order valence-corrected chi connectivity index (χ1v) is 4.05. The zero-order chi connectivity index (χ0) is 8.69. The Morgan fingerprint density at radius 1 is 1.27 bits per heavy atom. The minimum atomic E-state index is -0.0939. The smallest absolute Gasteiger partial charge is 0.159 e. The van der Waals surface area contributed by atoms with E-state index in [1.165, 1.54) is 0 Å². The first kappa shape index (κ1) is 10.9. The summed E-state index contributed by atoms with van der Waals surface area (Å²) in [6, 6.07) is 0. The van der Waals surface area contributed by atoms with Crippen LogP contribution >= 0.6 is 0 Å². The van der Waals surface area contributed by atoms with E-state index in [4.69, 9.17) is 15.2 Å². The lowest BCUT2D eigenvalue weighted by Gasteiger charge is -2.22. The number of hydrogen-bond acceptors (Lipinski definition) is 3. The minimum Gasteiger partial charge on any atom is -0.356 e. The molecule has 2 N–H and O–H groups in total. The van der Waals surface area contributed by atoms with Crippen molar-refractivity contribution < 1.29 is 9.47 Å². The van der Waals surface area contributed by atoms with Crippen LogP contribution in [0.1, 0.15) is 19.8 Å². The molecule has 0 bridgehead atoms. The molecular weight excluding hydrogens is 142 g/mol. The van der Waals surface area contributed by atoms with Gasteiger partial charge in [0.2, 0.25) is 0 Å².